The third-order valence-electron chi connectivity index (χ3n) is 2.80. The lowest BCUT2D eigenvalue weighted by Crippen LogP contribution is -2.25. The molecule has 0 amide bonds. The number of nitrogens with zero attached hydrogens (tertiary/aromatic N) is 3. The van der Waals surface area contributed by atoms with E-state index in [-0.39, 0.29) is 0 Å². The number of anilines is 1. The van der Waals surface area contributed by atoms with Crippen molar-refractivity contribution in [2.24, 2.45) is 5.73 Å². The number of rotatable bonds is 5. The van der Waals surface area contributed by atoms with Gasteiger partial charge in [-0.3, -0.25) is 0 Å². The molecule has 0 saturated heterocycles. The lowest BCUT2D eigenvalue weighted by molar-refractivity contribution is 0.481. The van der Waals surface area contributed by atoms with Crippen LogP contribution in [0.4, 0.5) is 6.01 Å². The van der Waals surface area contributed by atoms with E-state index in [1.165, 1.54) is 18.4 Å². The molecule has 2 aromatic rings. The SMILES string of the molecule is NCc1nnc(N(Cc2ccsc2)C2CC2)o1. The molecule has 3 rings (SSSR count). The molecule has 5 nitrogen and oxygen atoms in total. The molecule has 0 aliphatic heterocycles. The van der Waals surface area contributed by atoms with E-state index in [0.717, 1.165) is 6.54 Å². The first kappa shape index (κ1) is 10.7. The van der Waals surface area contributed by atoms with Gasteiger partial charge < -0.3 is 15.1 Å². The van der Waals surface area contributed by atoms with Crippen LogP contribution in [0, 0.1) is 0 Å². The van der Waals surface area contributed by atoms with Crippen LogP contribution in [0.2, 0.25) is 0 Å². The average Bonchev–Trinajstić information content (AvgIpc) is 2.88. The van der Waals surface area contributed by atoms with E-state index >= 15 is 0 Å². The van der Waals surface area contributed by atoms with Crippen LogP contribution in [0.15, 0.2) is 21.2 Å². The standard InChI is InChI=1S/C11H14N4OS/c12-5-10-13-14-11(16-10)15(9-1-2-9)6-8-3-4-17-7-8/h3-4,7,9H,1-2,5-6,12H2. The van der Waals surface area contributed by atoms with Gasteiger partial charge in [0.15, 0.2) is 0 Å². The zero-order valence-electron chi connectivity index (χ0n) is 9.37. The fourth-order valence-electron chi connectivity index (χ4n) is 1.76. The van der Waals surface area contributed by atoms with Gasteiger partial charge >= 0.3 is 6.01 Å². The predicted octanol–water partition coefficient (Wildman–Crippen LogP) is 1.76. The van der Waals surface area contributed by atoms with E-state index in [9.17, 15) is 0 Å². The van der Waals surface area contributed by atoms with E-state index in [0.29, 0.717) is 24.5 Å². The molecule has 0 radical (unpaired) electrons. The highest BCUT2D eigenvalue weighted by molar-refractivity contribution is 7.07. The zero-order chi connectivity index (χ0) is 11.7. The molecule has 0 aromatic carbocycles. The van der Waals surface area contributed by atoms with Crippen molar-refractivity contribution in [2.75, 3.05) is 4.90 Å². The van der Waals surface area contributed by atoms with Crippen molar-refractivity contribution in [1.29, 1.82) is 0 Å². The molecule has 0 unspecified atom stereocenters. The van der Waals surface area contributed by atoms with Crippen molar-refractivity contribution >= 4 is 17.4 Å². The molecule has 1 aliphatic carbocycles. The maximum Gasteiger partial charge on any atom is 0.318 e. The molecule has 0 bridgehead atoms. The summed E-state index contributed by atoms with van der Waals surface area (Å²) >= 11 is 1.71. The average molecular weight is 250 g/mol. The van der Waals surface area contributed by atoms with Gasteiger partial charge in [-0.05, 0) is 35.2 Å². The van der Waals surface area contributed by atoms with Crippen molar-refractivity contribution in [3.8, 4) is 0 Å². The molecule has 0 atom stereocenters. The second-order valence-electron chi connectivity index (χ2n) is 4.17. The van der Waals surface area contributed by atoms with Gasteiger partial charge in [-0.25, -0.2) is 0 Å². The van der Waals surface area contributed by atoms with Gasteiger partial charge in [0.2, 0.25) is 5.89 Å². The quantitative estimate of drug-likeness (QED) is 0.875. The summed E-state index contributed by atoms with van der Waals surface area (Å²) in [7, 11) is 0. The van der Waals surface area contributed by atoms with Crippen molar-refractivity contribution in [3.63, 3.8) is 0 Å². The summed E-state index contributed by atoms with van der Waals surface area (Å²) in [4.78, 5) is 2.17. The lowest BCUT2D eigenvalue weighted by atomic mass is 10.3. The fraction of sp³-hybridized carbons (Fsp3) is 0.455. The molecule has 0 spiro atoms. The maximum atomic E-state index is 5.53. The van der Waals surface area contributed by atoms with Gasteiger partial charge in [-0.1, -0.05) is 5.10 Å². The Balaban J connectivity index is 1.79. The van der Waals surface area contributed by atoms with Crippen molar-refractivity contribution < 1.29 is 4.42 Å². The van der Waals surface area contributed by atoms with Crippen LogP contribution < -0.4 is 10.6 Å². The second-order valence-corrected chi connectivity index (χ2v) is 4.95. The third kappa shape index (κ3) is 2.32. The van der Waals surface area contributed by atoms with Crippen LogP contribution in [0.3, 0.4) is 0 Å². The van der Waals surface area contributed by atoms with Crippen molar-refractivity contribution in [1.82, 2.24) is 10.2 Å². The van der Waals surface area contributed by atoms with Crippen LogP contribution in [0.5, 0.6) is 0 Å². The van der Waals surface area contributed by atoms with Gasteiger partial charge in [0.05, 0.1) is 6.54 Å². The molecule has 6 heteroatoms. The van der Waals surface area contributed by atoms with Gasteiger partial charge in [0, 0.05) is 12.6 Å². The molecule has 2 aromatic heterocycles. The molecule has 2 N–H and O–H groups in total. The van der Waals surface area contributed by atoms with Crippen LogP contribution in [-0.2, 0) is 13.1 Å². The fourth-order valence-corrected chi connectivity index (χ4v) is 2.42. The minimum atomic E-state index is 0.296. The van der Waals surface area contributed by atoms with Gasteiger partial charge in [0.1, 0.15) is 0 Å². The largest absolute Gasteiger partial charge is 0.407 e. The Bertz CT molecular complexity index is 477. The second kappa shape index (κ2) is 4.46. The van der Waals surface area contributed by atoms with Crippen LogP contribution in [0.25, 0.3) is 0 Å². The van der Waals surface area contributed by atoms with E-state index < -0.39 is 0 Å². The van der Waals surface area contributed by atoms with Crippen LogP contribution in [0.1, 0.15) is 24.3 Å². The Morgan fingerprint density at radius 3 is 2.94 bits per heavy atom. The van der Waals surface area contributed by atoms with Gasteiger partial charge in [0.25, 0.3) is 0 Å². The first-order chi connectivity index (χ1) is 8.36. The van der Waals surface area contributed by atoms with Gasteiger partial charge in [-0.15, -0.1) is 5.10 Å². The Morgan fingerprint density at radius 2 is 2.35 bits per heavy atom. The topological polar surface area (TPSA) is 68.2 Å². The summed E-state index contributed by atoms with van der Waals surface area (Å²) in [6.45, 7) is 1.13. The summed E-state index contributed by atoms with van der Waals surface area (Å²) in [5, 5.41) is 12.2. The first-order valence-corrected chi connectivity index (χ1v) is 6.61. The van der Waals surface area contributed by atoms with E-state index in [1.807, 2.05) is 0 Å². The maximum absolute atomic E-state index is 5.53. The monoisotopic (exact) mass is 250 g/mol. The molecule has 17 heavy (non-hydrogen) atoms. The van der Waals surface area contributed by atoms with Crippen LogP contribution >= 0.6 is 11.3 Å². The molecule has 2 heterocycles. The highest BCUT2D eigenvalue weighted by atomic mass is 32.1. The highest BCUT2D eigenvalue weighted by Crippen LogP contribution is 2.32. The predicted molar refractivity (Wildman–Crippen MR) is 65.7 cm³/mol. The number of aromatic nitrogens is 2. The van der Waals surface area contributed by atoms with Crippen molar-refractivity contribution in [2.45, 2.75) is 32.0 Å². The first-order valence-electron chi connectivity index (χ1n) is 5.67. The molecular weight excluding hydrogens is 236 g/mol. The molecular formula is C11H14N4OS. The summed E-state index contributed by atoms with van der Waals surface area (Å²) in [5.41, 5.74) is 6.76. The summed E-state index contributed by atoms with van der Waals surface area (Å²) < 4.78 is 5.53. The minimum Gasteiger partial charge on any atom is -0.407 e. The third-order valence-corrected chi connectivity index (χ3v) is 3.53. The Morgan fingerprint density at radius 1 is 1.47 bits per heavy atom. The zero-order valence-corrected chi connectivity index (χ0v) is 10.2. The number of hydrogen-bond acceptors (Lipinski definition) is 6. The van der Waals surface area contributed by atoms with E-state index in [2.05, 4.69) is 31.9 Å². The van der Waals surface area contributed by atoms with Crippen molar-refractivity contribution in [3.05, 3.63) is 28.3 Å². The Kier molecular flexibility index (Phi) is 2.82. The lowest BCUT2D eigenvalue weighted by Gasteiger charge is -2.18. The number of thiophene rings is 1. The van der Waals surface area contributed by atoms with Gasteiger partial charge in [-0.2, -0.15) is 11.3 Å². The molecule has 90 valence electrons. The summed E-state index contributed by atoms with van der Waals surface area (Å²) in [5.74, 6) is 0.496. The molecule has 1 saturated carbocycles. The van der Waals surface area contributed by atoms with Crippen LogP contribution in [-0.4, -0.2) is 16.2 Å². The highest BCUT2D eigenvalue weighted by Gasteiger charge is 2.32. The smallest absolute Gasteiger partial charge is 0.318 e. The summed E-state index contributed by atoms with van der Waals surface area (Å²) in [6.07, 6.45) is 2.40. The van der Waals surface area contributed by atoms with E-state index in [1.54, 1.807) is 11.3 Å². The number of nitrogens with two attached hydrogens (primary N) is 1. The minimum absolute atomic E-state index is 0.296. The van der Waals surface area contributed by atoms with E-state index in [4.69, 9.17) is 10.2 Å². The molecule has 1 fully saturated rings. The number of hydrogen-bond donors (Lipinski definition) is 1. The Labute approximate surface area is 103 Å². The normalized spacial score (nSPS) is 15.1. The Hall–Kier alpha value is -1.40. The summed E-state index contributed by atoms with van der Waals surface area (Å²) in [6, 6.07) is 3.26. The molecule has 1 aliphatic rings.